The van der Waals surface area contributed by atoms with Crippen molar-refractivity contribution in [2.45, 2.75) is 20.8 Å². The van der Waals surface area contributed by atoms with Crippen LogP contribution in [0.1, 0.15) is 20.8 Å². The molecule has 51 valence electrons. The van der Waals surface area contributed by atoms with Crippen molar-refractivity contribution in [1.29, 1.82) is 0 Å². The minimum atomic E-state index is 0.153. The molecule has 0 unspecified atom stereocenters. The van der Waals surface area contributed by atoms with Crippen molar-refractivity contribution in [1.82, 2.24) is 0 Å². The lowest BCUT2D eigenvalue weighted by Crippen LogP contribution is -2.07. The van der Waals surface area contributed by atoms with Gasteiger partial charge >= 0.3 is 0 Å². The molecule has 0 spiro atoms. The van der Waals surface area contributed by atoms with Gasteiger partial charge in [0.05, 0.1) is 6.54 Å². The fourth-order valence-electron chi connectivity index (χ4n) is 0.357. The normalized spacial score (nSPS) is 10.6. The average Bonchev–Trinajstić information content (AvgIpc) is 1.63. The quantitative estimate of drug-likeness (QED) is 0.408. The van der Waals surface area contributed by atoms with Gasteiger partial charge in [-0.15, -0.1) is 0 Å². The van der Waals surface area contributed by atoms with Crippen LogP contribution in [0.4, 0.5) is 0 Å². The van der Waals surface area contributed by atoms with E-state index in [1.54, 1.807) is 0 Å². The molecule has 0 bridgehead atoms. The summed E-state index contributed by atoms with van der Waals surface area (Å²) in [6.07, 6.45) is 3.45. The number of nitrogens with zero attached hydrogens (tertiary/aromatic N) is 1. The molecule has 0 saturated carbocycles. The van der Waals surface area contributed by atoms with Crippen LogP contribution in [0.5, 0.6) is 0 Å². The highest BCUT2D eigenvalue weighted by atomic mass is 16.1. The third kappa shape index (κ3) is 7.38. The summed E-state index contributed by atoms with van der Waals surface area (Å²) in [5.41, 5.74) is 0.153. The smallest absolute Gasteiger partial charge is 0.211 e. The monoisotopic (exact) mass is 126 g/mol. The summed E-state index contributed by atoms with van der Waals surface area (Å²) in [7, 11) is 0. The maximum Gasteiger partial charge on any atom is 0.234 e. The van der Waals surface area contributed by atoms with Crippen molar-refractivity contribution in [2.75, 3.05) is 6.54 Å². The number of hydrogen-bond donors (Lipinski definition) is 0. The lowest BCUT2D eigenvalue weighted by molar-refractivity contribution is 0.486. The Morgan fingerprint density at radius 2 is 2.11 bits per heavy atom. The van der Waals surface area contributed by atoms with Crippen LogP contribution in [-0.2, 0) is 4.79 Å². The number of carbonyl (C=O) groups excluding carboxylic acids is 1. The molecule has 0 rings (SSSR count). The highest BCUT2D eigenvalue weighted by molar-refractivity contribution is 5.33. The number of isocyanates is 1. The molecule has 0 aliphatic rings. The zero-order valence-corrected chi connectivity index (χ0v) is 6.14. The van der Waals surface area contributed by atoms with Gasteiger partial charge in [0.2, 0.25) is 6.08 Å². The van der Waals surface area contributed by atoms with Gasteiger partial charge in [-0.05, 0) is 11.8 Å². The van der Waals surface area contributed by atoms with E-state index in [2.05, 4.69) is 25.8 Å². The molecule has 9 heavy (non-hydrogen) atoms. The van der Waals surface area contributed by atoms with Gasteiger partial charge in [0.1, 0.15) is 0 Å². The van der Waals surface area contributed by atoms with E-state index in [1.807, 2.05) is 6.42 Å². The van der Waals surface area contributed by atoms with Gasteiger partial charge in [-0.2, -0.15) is 0 Å². The molecule has 0 fully saturated rings. The van der Waals surface area contributed by atoms with E-state index in [9.17, 15) is 4.79 Å². The van der Waals surface area contributed by atoms with Crippen LogP contribution in [-0.4, -0.2) is 12.6 Å². The summed E-state index contributed by atoms with van der Waals surface area (Å²) in [6, 6.07) is 0. The average molecular weight is 126 g/mol. The molecule has 0 aliphatic heterocycles. The second kappa shape index (κ2) is 3.41. The van der Waals surface area contributed by atoms with Crippen molar-refractivity contribution in [3.63, 3.8) is 0 Å². The van der Waals surface area contributed by atoms with Gasteiger partial charge in [0, 0.05) is 0 Å². The summed E-state index contributed by atoms with van der Waals surface area (Å²) in [5.74, 6) is 0. The molecule has 0 aromatic carbocycles. The Morgan fingerprint density at radius 3 is 2.44 bits per heavy atom. The van der Waals surface area contributed by atoms with Gasteiger partial charge in [0.25, 0.3) is 0 Å². The fraction of sp³-hybridized carbons (Fsp3) is 0.714. The van der Waals surface area contributed by atoms with Gasteiger partial charge < -0.3 is 0 Å². The third-order valence-corrected chi connectivity index (χ3v) is 0.859. The Labute approximate surface area is 56.0 Å². The summed E-state index contributed by atoms with van der Waals surface area (Å²) < 4.78 is 0. The highest BCUT2D eigenvalue weighted by Gasteiger charge is 2.08. The Morgan fingerprint density at radius 1 is 1.56 bits per heavy atom. The molecule has 2 heteroatoms. The summed E-state index contributed by atoms with van der Waals surface area (Å²) in [5, 5.41) is 0. The third-order valence-electron chi connectivity index (χ3n) is 0.859. The van der Waals surface area contributed by atoms with E-state index in [4.69, 9.17) is 0 Å². The van der Waals surface area contributed by atoms with Crippen LogP contribution in [0, 0.1) is 11.8 Å². The van der Waals surface area contributed by atoms with Crippen molar-refractivity contribution in [2.24, 2.45) is 10.4 Å². The van der Waals surface area contributed by atoms with Crippen molar-refractivity contribution < 1.29 is 4.79 Å². The van der Waals surface area contributed by atoms with Crippen molar-refractivity contribution >= 4 is 6.08 Å². The van der Waals surface area contributed by atoms with E-state index >= 15 is 0 Å². The van der Waals surface area contributed by atoms with Crippen LogP contribution in [0.15, 0.2) is 4.99 Å². The zero-order chi connectivity index (χ0) is 7.33. The molecular formula is C7H12NO. The van der Waals surface area contributed by atoms with Crippen molar-refractivity contribution in [3.8, 4) is 0 Å². The predicted octanol–water partition coefficient (Wildman–Crippen LogP) is 1.57. The van der Waals surface area contributed by atoms with E-state index < -0.39 is 0 Å². The largest absolute Gasteiger partial charge is 0.234 e. The highest BCUT2D eigenvalue weighted by Crippen LogP contribution is 2.16. The lowest BCUT2D eigenvalue weighted by atomic mass is 9.93. The summed E-state index contributed by atoms with van der Waals surface area (Å²) in [4.78, 5) is 13.0. The molecule has 0 aromatic heterocycles. The van der Waals surface area contributed by atoms with E-state index in [-0.39, 0.29) is 5.41 Å². The molecule has 0 N–H and O–H groups in total. The first-order valence-corrected chi connectivity index (χ1v) is 2.94. The van der Waals surface area contributed by atoms with Crippen LogP contribution >= 0.6 is 0 Å². The summed E-state index contributed by atoms with van der Waals surface area (Å²) in [6.45, 7) is 6.67. The molecular weight excluding hydrogens is 114 g/mol. The molecule has 0 aromatic rings. The van der Waals surface area contributed by atoms with Crippen LogP contribution in [0.25, 0.3) is 0 Å². The first-order chi connectivity index (χ1) is 4.06. The molecule has 0 saturated heterocycles. The molecule has 1 radical (unpaired) electrons. The maximum atomic E-state index is 9.58. The maximum absolute atomic E-state index is 9.58. The van der Waals surface area contributed by atoms with Gasteiger partial charge in [-0.3, -0.25) is 0 Å². The predicted molar refractivity (Wildman–Crippen MR) is 36.7 cm³/mol. The Bertz CT molecular complexity index is 117. The SMILES string of the molecule is CC(C)(C)[CH]CN=C=O. The lowest BCUT2D eigenvalue weighted by Gasteiger charge is -2.14. The van der Waals surface area contributed by atoms with Gasteiger partial charge in [-0.1, -0.05) is 20.8 Å². The molecule has 0 aliphatic carbocycles. The van der Waals surface area contributed by atoms with Gasteiger partial charge in [0.15, 0.2) is 0 Å². The minimum absolute atomic E-state index is 0.153. The number of rotatable bonds is 2. The zero-order valence-electron chi connectivity index (χ0n) is 6.14. The Kier molecular flexibility index (Phi) is 3.18. The molecule has 0 heterocycles. The van der Waals surface area contributed by atoms with E-state index in [1.165, 1.54) is 6.08 Å². The van der Waals surface area contributed by atoms with E-state index in [0.29, 0.717) is 6.54 Å². The minimum Gasteiger partial charge on any atom is -0.211 e. The number of hydrogen-bond acceptors (Lipinski definition) is 2. The number of aliphatic imine (C=N–C) groups is 1. The Hall–Kier alpha value is -0.620. The molecule has 0 amide bonds. The first kappa shape index (κ1) is 8.38. The van der Waals surface area contributed by atoms with Crippen LogP contribution in [0.3, 0.4) is 0 Å². The first-order valence-electron chi connectivity index (χ1n) is 2.94. The second-order valence-corrected chi connectivity index (χ2v) is 3.00. The second-order valence-electron chi connectivity index (χ2n) is 3.00. The molecule has 2 nitrogen and oxygen atoms in total. The van der Waals surface area contributed by atoms with Crippen LogP contribution in [0.2, 0.25) is 0 Å². The van der Waals surface area contributed by atoms with Crippen LogP contribution < -0.4 is 0 Å². The topological polar surface area (TPSA) is 29.4 Å². The fourth-order valence-corrected chi connectivity index (χ4v) is 0.357. The standard InChI is InChI=1S/C7H12NO/c1-7(2,3)4-5-8-6-9/h4H,5H2,1-3H3. The van der Waals surface area contributed by atoms with Gasteiger partial charge in [-0.25, -0.2) is 9.79 Å². The molecule has 0 atom stereocenters. The van der Waals surface area contributed by atoms with Crippen molar-refractivity contribution in [3.05, 3.63) is 6.42 Å². The van der Waals surface area contributed by atoms with E-state index in [0.717, 1.165) is 0 Å². The Balaban J connectivity index is 3.39. The summed E-state index contributed by atoms with van der Waals surface area (Å²) >= 11 is 0.